The zero-order chi connectivity index (χ0) is 12.4. The van der Waals surface area contributed by atoms with Crippen molar-refractivity contribution < 1.29 is 4.39 Å². The van der Waals surface area contributed by atoms with Crippen LogP contribution in [0.25, 0.3) is 0 Å². The van der Waals surface area contributed by atoms with Crippen LogP contribution in [-0.4, -0.2) is 9.97 Å². The average Bonchev–Trinajstić information content (AvgIpc) is 2.28. The fourth-order valence-electron chi connectivity index (χ4n) is 1.30. The second kappa shape index (κ2) is 4.85. The Bertz CT molecular complexity index is 511. The van der Waals surface area contributed by atoms with Crippen molar-refractivity contribution in [1.82, 2.24) is 9.97 Å². The summed E-state index contributed by atoms with van der Waals surface area (Å²) in [6.07, 6.45) is 1.00. The van der Waals surface area contributed by atoms with Gasteiger partial charge in [-0.15, -0.1) is 0 Å². The van der Waals surface area contributed by atoms with Crippen LogP contribution >= 0.6 is 23.2 Å². The molecule has 0 unspecified atom stereocenters. The van der Waals surface area contributed by atoms with E-state index in [1.807, 2.05) is 13.0 Å². The maximum atomic E-state index is 13.4. The van der Waals surface area contributed by atoms with Gasteiger partial charge in [0.2, 0.25) is 5.28 Å². The van der Waals surface area contributed by atoms with E-state index in [0.717, 1.165) is 11.8 Å². The summed E-state index contributed by atoms with van der Waals surface area (Å²) in [5, 5.41) is 3.23. The molecule has 2 aromatic rings. The second-order valence-corrected chi connectivity index (χ2v) is 4.19. The van der Waals surface area contributed by atoms with Gasteiger partial charge in [-0.3, -0.25) is 0 Å². The summed E-state index contributed by atoms with van der Waals surface area (Å²) in [6, 6.07) is 5.37. The Labute approximate surface area is 108 Å². The molecule has 0 saturated carbocycles. The fourth-order valence-corrected chi connectivity index (χ4v) is 1.59. The molecular formula is C11H8Cl2FN3. The minimum Gasteiger partial charge on any atom is -0.336 e. The van der Waals surface area contributed by atoms with E-state index < -0.39 is 5.82 Å². The molecule has 0 atom stereocenters. The van der Waals surface area contributed by atoms with Crippen LogP contribution in [0.2, 0.25) is 10.3 Å². The van der Waals surface area contributed by atoms with Gasteiger partial charge in [0.1, 0.15) is 0 Å². The molecule has 1 aromatic heterocycles. The summed E-state index contributed by atoms with van der Waals surface area (Å²) in [7, 11) is 0. The lowest BCUT2D eigenvalue weighted by atomic mass is 10.2. The summed E-state index contributed by atoms with van der Waals surface area (Å²) in [5.74, 6) is -0.593. The molecule has 17 heavy (non-hydrogen) atoms. The Balaban J connectivity index is 2.37. The van der Waals surface area contributed by atoms with Gasteiger partial charge < -0.3 is 5.32 Å². The molecule has 2 rings (SSSR count). The first kappa shape index (κ1) is 12.1. The number of benzene rings is 1. The molecule has 0 fully saturated rings. The Hall–Kier alpha value is -1.39. The number of anilines is 2. The summed E-state index contributed by atoms with van der Waals surface area (Å²) in [6.45, 7) is 1.91. The van der Waals surface area contributed by atoms with Crippen LogP contribution in [0.4, 0.5) is 15.9 Å². The van der Waals surface area contributed by atoms with Gasteiger partial charge in [0.15, 0.2) is 11.6 Å². The van der Waals surface area contributed by atoms with Crippen molar-refractivity contribution in [3.05, 3.63) is 46.1 Å². The molecule has 1 aromatic carbocycles. The molecule has 88 valence electrons. The van der Waals surface area contributed by atoms with E-state index in [4.69, 9.17) is 23.2 Å². The predicted molar refractivity (Wildman–Crippen MR) is 66.5 cm³/mol. The number of nitrogens with one attached hydrogen (secondary N) is 1. The van der Waals surface area contributed by atoms with Crippen LogP contribution in [0.3, 0.4) is 0 Å². The number of rotatable bonds is 2. The highest BCUT2D eigenvalue weighted by molar-refractivity contribution is 6.33. The lowest BCUT2D eigenvalue weighted by Gasteiger charge is -2.09. The molecule has 0 aliphatic carbocycles. The minimum absolute atomic E-state index is 0.00231. The van der Waals surface area contributed by atoms with Crippen molar-refractivity contribution in [3.63, 3.8) is 0 Å². The summed E-state index contributed by atoms with van der Waals surface area (Å²) in [5.41, 5.74) is 1.57. The van der Waals surface area contributed by atoms with Crippen molar-refractivity contribution >= 4 is 34.7 Å². The lowest BCUT2D eigenvalue weighted by molar-refractivity contribution is 0.619. The van der Waals surface area contributed by atoms with E-state index in [1.54, 1.807) is 12.1 Å². The lowest BCUT2D eigenvalue weighted by Crippen LogP contribution is -1.99. The third-order valence-electron chi connectivity index (χ3n) is 2.09. The summed E-state index contributed by atoms with van der Waals surface area (Å²) < 4.78 is 13.4. The van der Waals surface area contributed by atoms with Gasteiger partial charge in [-0.05, 0) is 36.2 Å². The minimum atomic E-state index is -0.591. The van der Waals surface area contributed by atoms with Crippen LogP contribution in [0.15, 0.2) is 24.4 Å². The Kier molecular flexibility index (Phi) is 3.45. The molecule has 1 N–H and O–H groups in total. The molecule has 0 spiro atoms. The normalized spacial score (nSPS) is 10.4. The molecule has 0 saturated heterocycles. The first-order chi connectivity index (χ1) is 8.06. The van der Waals surface area contributed by atoms with E-state index >= 15 is 0 Å². The molecule has 0 amide bonds. The second-order valence-electron chi connectivity index (χ2n) is 3.44. The van der Waals surface area contributed by atoms with Gasteiger partial charge >= 0.3 is 0 Å². The molecular weight excluding hydrogens is 264 g/mol. The van der Waals surface area contributed by atoms with Gasteiger partial charge in [-0.2, -0.15) is 4.98 Å². The maximum Gasteiger partial charge on any atom is 0.224 e. The SMILES string of the molecule is Cc1ccc(Cl)c(Nc2nc(Cl)ncc2F)c1. The third kappa shape index (κ3) is 2.84. The van der Waals surface area contributed by atoms with E-state index in [9.17, 15) is 4.39 Å². The Morgan fingerprint density at radius 3 is 2.82 bits per heavy atom. The van der Waals surface area contributed by atoms with Gasteiger partial charge in [-0.1, -0.05) is 17.7 Å². The maximum absolute atomic E-state index is 13.4. The van der Waals surface area contributed by atoms with Gasteiger partial charge in [0, 0.05) is 0 Å². The van der Waals surface area contributed by atoms with Crippen LogP contribution in [-0.2, 0) is 0 Å². The van der Waals surface area contributed by atoms with E-state index in [-0.39, 0.29) is 11.1 Å². The van der Waals surface area contributed by atoms with Gasteiger partial charge in [0.05, 0.1) is 16.9 Å². The molecule has 0 radical (unpaired) electrons. The zero-order valence-electron chi connectivity index (χ0n) is 8.84. The number of hydrogen-bond acceptors (Lipinski definition) is 3. The van der Waals surface area contributed by atoms with Crippen LogP contribution in [0, 0.1) is 12.7 Å². The Morgan fingerprint density at radius 2 is 2.06 bits per heavy atom. The molecule has 0 aliphatic rings. The highest BCUT2D eigenvalue weighted by Gasteiger charge is 2.08. The van der Waals surface area contributed by atoms with Crippen molar-refractivity contribution in [2.45, 2.75) is 6.92 Å². The smallest absolute Gasteiger partial charge is 0.224 e. The largest absolute Gasteiger partial charge is 0.336 e. The highest BCUT2D eigenvalue weighted by Crippen LogP contribution is 2.26. The van der Waals surface area contributed by atoms with E-state index in [2.05, 4.69) is 15.3 Å². The zero-order valence-corrected chi connectivity index (χ0v) is 10.3. The first-order valence-electron chi connectivity index (χ1n) is 4.77. The van der Waals surface area contributed by atoms with Crippen molar-refractivity contribution in [1.29, 1.82) is 0 Å². The number of hydrogen-bond donors (Lipinski definition) is 1. The fraction of sp³-hybridized carbons (Fsp3) is 0.0909. The third-order valence-corrected chi connectivity index (χ3v) is 2.60. The number of aryl methyl sites for hydroxylation is 1. The molecule has 1 heterocycles. The van der Waals surface area contributed by atoms with Crippen LogP contribution in [0.5, 0.6) is 0 Å². The van der Waals surface area contributed by atoms with Crippen molar-refractivity contribution in [2.75, 3.05) is 5.32 Å². The quantitative estimate of drug-likeness (QED) is 0.840. The first-order valence-corrected chi connectivity index (χ1v) is 5.53. The monoisotopic (exact) mass is 271 g/mol. The molecule has 0 aliphatic heterocycles. The highest BCUT2D eigenvalue weighted by atomic mass is 35.5. The van der Waals surface area contributed by atoms with Crippen LogP contribution in [0.1, 0.15) is 5.56 Å². The molecule has 3 nitrogen and oxygen atoms in total. The van der Waals surface area contributed by atoms with Gasteiger partial charge in [0.25, 0.3) is 0 Å². The number of nitrogens with zero attached hydrogens (tertiary/aromatic N) is 2. The molecule has 0 bridgehead atoms. The topological polar surface area (TPSA) is 37.8 Å². The van der Waals surface area contributed by atoms with Crippen LogP contribution < -0.4 is 5.32 Å². The summed E-state index contributed by atoms with van der Waals surface area (Å²) >= 11 is 11.6. The summed E-state index contributed by atoms with van der Waals surface area (Å²) in [4.78, 5) is 7.28. The van der Waals surface area contributed by atoms with E-state index in [1.165, 1.54) is 0 Å². The molecule has 6 heteroatoms. The van der Waals surface area contributed by atoms with E-state index in [0.29, 0.717) is 10.7 Å². The average molecular weight is 272 g/mol. The standard InChI is InChI=1S/C11H8Cl2FN3/c1-6-2-3-7(12)9(4-6)16-10-8(14)5-15-11(13)17-10/h2-5H,1H3,(H,15,16,17). The predicted octanol–water partition coefficient (Wildman–Crippen LogP) is 3.97. The number of aromatic nitrogens is 2. The van der Waals surface area contributed by atoms with Crippen molar-refractivity contribution in [2.24, 2.45) is 0 Å². The van der Waals surface area contributed by atoms with Crippen molar-refractivity contribution in [3.8, 4) is 0 Å². The Morgan fingerprint density at radius 1 is 1.29 bits per heavy atom. The number of halogens is 3. The van der Waals surface area contributed by atoms with Gasteiger partial charge in [-0.25, -0.2) is 9.37 Å².